The van der Waals surface area contributed by atoms with Crippen LogP contribution in [-0.4, -0.2) is 38.6 Å². The van der Waals surface area contributed by atoms with Crippen LogP contribution in [0.3, 0.4) is 0 Å². The number of hydrogen-bond donors (Lipinski definition) is 0. The number of sulfonamides is 1. The van der Waals surface area contributed by atoms with Gasteiger partial charge in [0.15, 0.2) is 0 Å². The molecule has 0 aromatic heterocycles. The average Bonchev–Trinajstić information content (AvgIpc) is 2.69. The first kappa shape index (κ1) is 20.4. The Morgan fingerprint density at radius 1 is 1.11 bits per heavy atom. The molecule has 0 aliphatic carbocycles. The highest BCUT2D eigenvalue weighted by atomic mass is 79.9. The van der Waals surface area contributed by atoms with Crippen molar-refractivity contribution in [1.29, 1.82) is 0 Å². The van der Waals surface area contributed by atoms with Crippen molar-refractivity contribution < 1.29 is 13.2 Å². The summed E-state index contributed by atoms with van der Waals surface area (Å²) >= 11 is 15.7. The molecule has 2 aromatic carbocycles. The summed E-state index contributed by atoms with van der Waals surface area (Å²) in [5, 5.41) is 0.320. The molecule has 28 heavy (non-hydrogen) atoms. The third kappa shape index (κ3) is 3.80. The molecule has 0 saturated carbocycles. The van der Waals surface area contributed by atoms with E-state index in [1.165, 1.54) is 10.4 Å². The molecule has 4 rings (SSSR count). The Morgan fingerprint density at radius 3 is 2.61 bits per heavy atom. The second kappa shape index (κ2) is 8.13. The van der Waals surface area contributed by atoms with Gasteiger partial charge in [0.1, 0.15) is 11.6 Å². The Morgan fingerprint density at radius 2 is 1.86 bits per heavy atom. The molecule has 2 aliphatic heterocycles. The van der Waals surface area contributed by atoms with Crippen LogP contribution in [0.1, 0.15) is 18.4 Å². The number of hydrogen-bond acceptors (Lipinski definition) is 4. The molecule has 0 radical (unpaired) electrons. The first-order valence-corrected chi connectivity index (χ1v) is 11.9. The van der Waals surface area contributed by atoms with E-state index in [9.17, 15) is 8.42 Å². The first-order valence-electron chi connectivity index (χ1n) is 8.95. The standard InChI is InChI=1S/C19H19BrCl2N2O3S/c20-14-4-5-17-13(10-14)11-27-12-24(17)15-6-8-23(9-7-15)28(25,26)18-3-1-2-16(21)19(18)22/h1-5,10,15H,6-9,11-12H2. The van der Waals surface area contributed by atoms with Crippen molar-refractivity contribution in [3.8, 4) is 0 Å². The maximum absolute atomic E-state index is 13.0. The van der Waals surface area contributed by atoms with Crippen molar-refractivity contribution in [2.24, 2.45) is 0 Å². The fourth-order valence-corrected chi connectivity index (χ4v) is 6.41. The minimum Gasteiger partial charge on any atom is -0.356 e. The molecule has 2 aromatic rings. The Hall–Kier alpha value is -0.830. The molecule has 2 heterocycles. The van der Waals surface area contributed by atoms with E-state index in [1.807, 2.05) is 6.07 Å². The van der Waals surface area contributed by atoms with Crippen LogP contribution in [0.15, 0.2) is 45.8 Å². The van der Waals surface area contributed by atoms with E-state index in [-0.39, 0.29) is 21.0 Å². The molecule has 0 unspecified atom stereocenters. The van der Waals surface area contributed by atoms with Crippen molar-refractivity contribution in [1.82, 2.24) is 4.31 Å². The zero-order valence-electron chi connectivity index (χ0n) is 14.9. The SMILES string of the molecule is O=S(=O)(c1cccc(Cl)c1Cl)N1CCC(N2COCc3cc(Br)ccc32)CC1. The summed E-state index contributed by atoms with van der Waals surface area (Å²) in [6.07, 6.45) is 1.44. The molecular formula is C19H19BrCl2N2O3S. The minimum absolute atomic E-state index is 0.0663. The van der Waals surface area contributed by atoms with E-state index >= 15 is 0 Å². The van der Waals surface area contributed by atoms with Crippen LogP contribution in [0.2, 0.25) is 10.0 Å². The Labute approximate surface area is 183 Å². The lowest BCUT2D eigenvalue weighted by Gasteiger charge is -2.41. The normalized spacial score (nSPS) is 18.9. The van der Waals surface area contributed by atoms with Gasteiger partial charge in [0.2, 0.25) is 10.0 Å². The first-order chi connectivity index (χ1) is 13.4. The molecule has 0 atom stereocenters. The van der Waals surface area contributed by atoms with E-state index in [1.54, 1.807) is 12.1 Å². The van der Waals surface area contributed by atoms with E-state index in [2.05, 4.69) is 33.0 Å². The molecule has 1 saturated heterocycles. The van der Waals surface area contributed by atoms with Crippen molar-refractivity contribution in [2.75, 3.05) is 24.7 Å². The van der Waals surface area contributed by atoms with Crippen molar-refractivity contribution in [2.45, 2.75) is 30.4 Å². The van der Waals surface area contributed by atoms with Gasteiger partial charge in [-0.2, -0.15) is 4.31 Å². The van der Waals surface area contributed by atoms with E-state index in [4.69, 9.17) is 27.9 Å². The van der Waals surface area contributed by atoms with E-state index in [0.717, 1.165) is 28.6 Å². The molecule has 0 bridgehead atoms. The van der Waals surface area contributed by atoms with E-state index < -0.39 is 10.0 Å². The fourth-order valence-electron chi connectivity index (χ4n) is 3.79. The quantitative estimate of drug-likeness (QED) is 0.595. The number of ether oxygens (including phenoxy) is 1. The summed E-state index contributed by atoms with van der Waals surface area (Å²) in [5.41, 5.74) is 2.30. The molecule has 9 heteroatoms. The molecule has 0 spiro atoms. The minimum atomic E-state index is -3.67. The summed E-state index contributed by atoms with van der Waals surface area (Å²) in [7, 11) is -3.67. The molecule has 0 amide bonds. The highest BCUT2D eigenvalue weighted by Crippen LogP contribution is 2.35. The second-order valence-electron chi connectivity index (χ2n) is 6.91. The van der Waals surface area contributed by atoms with Crippen LogP contribution in [0.4, 0.5) is 5.69 Å². The smallest absolute Gasteiger partial charge is 0.244 e. The van der Waals surface area contributed by atoms with Crippen LogP contribution in [-0.2, 0) is 21.4 Å². The van der Waals surface area contributed by atoms with Crippen LogP contribution in [0.25, 0.3) is 0 Å². The maximum Gasteiger partial charge on any atom is 0.244 e. The van der Waals surface area contributed by atoms with Gasteiger partial charge in [-0.15, -0.1) is 0 Å². The van der Waals surface area contributed by atoms with E-state index in [0.29, 0.717) is 26.4 Å². The Balaban J connectivity index is 1.51. The number of anilines is 1. The third-order valence-corrected chi connectivity index (χ3v) is 8.60. The van der Waals surface area contributed by atoms with Crippen LogP contribution in [0.5, 0.6) is 0 Å². The number of piperidine rings is 1. The lowest BCUT2D eigenvalue weighted by molar-refractivity contribution is 0.0987. The van der Waals surface area contributed by atoms with Crippen LogP contribution >= 0.6 is 39.1 Å². The summed E-state index contributed by atoms with van der Waals surface area (Å²) in [5.74, 6) is 0. The van der Waals surface area contributed by atoms with Gasteiger partial charge in [0.25, 0.3) is 0 Å². The predicted octanol–water partition coefficient (Wildman–Crippen LogP) is 4.90. The molecular weight excluding hydrogens is 487 g/mol. The molecule has 2 aliphatic rings. The van der Waals surface area contributed by atoms with Crippen molar-refractivity contribution in [3.05, 3.63) is 56.5 Å². The Bertz CT molecular complexity index is 995. The van der Waals surface area contributed by atoms with Crippen LogP contribution < -0.4 is 4.90 Å². The summed E-state index contributed by atoms with van der Waals surface area (Å²) in [6.45, 7) is 1.97. The fraction of sp³-hybridized carbons (Fsp3) is 0.368. The zero-order valence-corrected chi connectivity index (χ0v) is 18.9. The zero-order chi connectivity index (χ0) is 19.9. The van der Waals surface area contributed by atoms with Gasteiger partial charge < -0.3 is 9.64 Å². The number of nitrogens with zero attached hydrogens (tertiary/aromatic N) is 2. The maximum atomic E-state index is 13.0. The largest absolute Gasteiger partial charge is 0.356 e. The molecule has 150 valence electrons. The number of fused-ring (bicyclic) bond motifs is 1. The van der Waals surface area contributed by atoms with Crippen molar-refractivity contribution in [3.63, 3.8) is 0 Å². The number of halogens is 3. The summed E-state index contributed by atoms with van der Waals surface area (Å²) in [4.78, 5) is 2.30. The van der Waals surface area contributed by atoms with Gasteiger partial charge >= 0.3 is 0 Å². The second-order valence-corrected chi connectivity index (χ2v) is 10.5. The summed E-state index contributed by atoms with van der Waals surface area (Å²) in [6, 6.07) is 11.1. The Kier molecular flexibility index (Phi) is 5.93. The molecule has 5 nitrogen and oxygen atoms in total. The topological polar surface area (TPSA) is 49.9 Å². The number of rotatable bonds is 3. The van der Waals surface area contributed by atoms with Gasteiger partial charge in [0.05, 0.1) is 16.7 Å². The van der Waals surface area contributed by atoms with Gasteiger partial charge in [-0.05, 0) is 43.2 Å². The van der Waals surface area contributed by atoms with Gasteiger partial charge in [-0.3, -0.25) is 0 Å². The number of benzene rings is 2. The van der Waals surface area contributed by atoms with Crippen LogP contribution in [0, 0.1) is 0 Å². The van der Waals surface area contributed by atoms with Gasteiger partial charge in [0, 0.05) is 34.9 Å². The average molecular weight is 506 g/mol. The predicted molar refractivity (Wildman–Crippen MR) is 115 cm³/mol. The van der Waals surface area contributed by atoms with Gasteiger partial charge in [-0.1, -0.05) is 45.2 Å². The lowest BCUT2D eigenvalue weighted by Crippen LogP contribution is -2.48. The van der Waals surface area contributed by atoms with Crippen molar-refractivity contribution >= 4 is 54.8 Å². The highest BCUT2D eigenvalue weighted by molar-refractivity contribution is 9.10. The monoisotopic (exact) mass is 504 g/mol. The molecule has 1 fully saturated rings. The van der Waals surface area contributed by atoms with Gasteiger partial charge in [-0.25, -0.2) is 8.42 Å². The molecule has 0 N–H and O–H groups in total. The third-order valence-electron chi connectivity index (χ3n) is 5.24. The highest BCUT2D eigenvalue weighted by Gasteiger charge is 2.34. The lowest BCUT2D eigenvalue weighted by atomic mass is 10.0. The summed E-state index contributed by atoms with van der Waals surface area (Å²) < 4.78 is 34.3.